The van der Waals surface area contributed by atoms with Crippen LogP contribution in [0, 0.1) is 0 Å². The fraction of sp³-hybridized carbons (Fsp3) is 0.562. The summed E-state index contributed by atoms with van der Waals surface area (Å²) in [5, 5.41) is 0.667. The summed E-state index contributed by atoms with van der Waals surface area (Å²) < 4.78 is 5.04. The minimum absolute atomic E-state index is 0.0164. The Morgan fingerprint density at radius 2 is 2.05 bits per heavy atom. The molecule has 0 aliphatic heterocycles. The Balaban J connectivity index is 2.62. The van der Waals surface area contributed by atoms with Gasteiger partial charge in [-0.3, -0.25) is 9.69 Å². The number of hydrogen-bond acceptors (Lipinski definition) is 5. The van der Waals surface area contributed by atoms with E-state index < -0.39 is 0 Å². The third-order valence-corrected chi connectivity index (χ3v) is 3.97. The fourth-order valence-electron chi connectivity index (χ4n) is 1.70. The lowest BCUT2D eigenvalue weighted by molar-refractivity contribution is -0.137. The number of nitrogens with zero attached hydrogens (tertiary/aromatic N) is 2. The van der Waals surface area contributed by atoms with E-state index >= 15 is 0 Å². The maximum absolute atomic E-state index is 11.7. The van der Waals surface area contributed by atoms with Crippen molar-refractivity contribution in [2.75, 3.05) is 18.1 Å². The van der Waals surface area contributed by atoms with Gasteiger partial charge in [0.1, 0.15) is 0 Å². The van der Waals surface area contributed by atoms with Crippen molar-refractivity contribution < 1.29 is 14.3 Å². The largest absolute Gasteiger partial charge is 0.463 e. The van der Waals surface area contributed by atoms with Crippen LogP contribution in [0.5, 0.6) is 0 Å². The van der Waals surface area contributed by atoms with E-state index in [1.165, 1.54) is 24.3 Å². The topological polar surface area (TPSA) is 59.5 Å². The van der Waals surface area contributed by atoms with Gasteiger partial charge in [-0.1, -0.05) is 38.0 Å². The molecule has 0 aliphatic carbocycles. The Morgan fingerprint density at radius 3 is 2.68 bits per heavy atom. The molecule has 0 N–H and O–H groups in total. The average molecular weight is 324 g/mol. The van der Waals surface area contributed by atoms with Crippen LogP contribution in [0.2, 0.25) is 0 Å². The quantitative estimate of drug-likeness (QED) is 0.395. The number of aromatic nitrogens is 1. The van der Waals surface area contributed by atoms with Crippen molar-refractivity contribution in [2.24, 2.45) is 0 Å². The lowest BCUT2D eigenvalue weighted by Crippen LogP contribution is -2.29. The van der Waals surface area contributed by atoms with Crippen LogP contribution < -0.4 is 4.90 Å². The summed E-state index contributed by atoms with van der Waals surface area (Å²) in [7, 11) is 0. The summed E-state index contributed by atoms with van der Waals surface area (Å²) in [5.41, 5.74) is 0. The van der Waals surface area contributed by atoms with Gasteiger partial charge in [0.05, 0.1) is 6.61 Å². The predicted octanol–water partition coefficient (Wildman–Crippen LogP) is 3.65. The number of anilines is 1. The fourth-order valence-corrected chi connectivity index (χ4v) is 2.59. The van der Waals surface area contributed by atoms with Crippen LogP contribution in [0.3, 0.4) is 0 Å². The Bertz CT molecular complexity index is 511. The van der Waals surface area contributed by atoms with E-state index in [0.717, 1.165) is 30.6 Å². The Morgan fingerprint density at radius 1 is 1.32 bits per heavy atom. The van der Waals surface area contributed by atoms with Crippen molar-refractivity contribution in [2.45, 2.75) is 46.5 Å². The van der Waals surface area contributed by atoms with Gasteiger partial charge >= 0.3 is 5.97 Å². The molecule has 0 aliphatic rings. The first-order valence-corrected chi connectivity index (χ1v) is 8.48. The zero-order valence-corrected chi connectivity index (χ0v) is 14.3. The highest BCUT2D eigenvalue weighted by atomic mass is 32.1. The maximum Gasteiger partial charge on any atom is 0.330 e. The summed E-state index contributed by atoms with van der Waals surface area (Å²) in [6.45, 7) is 6.78. The second-order valence-corrected chi connectivity index (χ2v) is 5.96. The molecule has 0 unspecified atom stereocenters. The number of carbonyl (C=O) groups excluding carboxylic acids is 2. The van der Waals surface area contributed by atoms with Crippen LogP contribution >= 0.6 is 11.3 Å². The molecular weight excluding hydrogens is 300 g/mol. The zero-order valence-electron chi connectivity index (χ0n) is 13.5. The van der Waals surface area contributed by atoms with Gasteiger partial charge in [-0.25, -0.2) is 9.78 Å². The maximum atomic E-state index is 11.7. The Labute approximate surface area is 136 Å². The summed E-state index contributed by atoms with van der Waals surface area (Å²) in [5.74, 6) is -0.366. The Hall–Kier alpha value is -1.69. The van der Waals surface area contributed by atoms with E-state index in [1.807, 2.05) is 6.92 Å². The lowest BCUT2D eigenvalue weighted by Gasteiger charge is -2.16. The van der Waals surface area contributed by atoms with Crippen LogP contribution in [0.15, 0.2) is 12.3 Å². The molecule has 0 radical (unpaired) electrons. The number of amides is 1. The smallest absolute Gasteiger partial charge is 0.330 e. The highest BCUT2D eigenvalue weighted by Crippen LogP contribution is 2.24. The molecule has 1 heterocycles. The molecule has 0 aromatic carbocycles. The number of esters is 1. The lowest BCUT2D eigenvalue weighted by atomic mass is 10.3. The van der Waals surface area contributed by atoms with Gasteiger partial charge in [-0.05, 0) is 18.9 Å². The van der Waals surface area contributed by atoms with Gasteiger partial charge in [0, 0.05) is 30.6 Å². The number of thiazole rings is 1. The number of rotatable bonds is 9. The molecular formula is C16H24N2O3S. The molecule has 1 aromatic heterocycles. The molecule has 0 bridgehead atoms. The molecule has 0 atom stereocenters. The van der Waals surface area contributed by atoms with E-state index in [9.17, 15) is 9.59 Å². The predicted molar refractivity (Wildman–Crippen MR) is 90.0 cm³/mol. The van der Waals surface area contributed by atoms with Gasteiger partial charge in [-0.2, -0.15) is 0 Å². The molecule has 6 heteroatoms. The van der Waals surface area contributed by atoms with Gasteiger partial charge in [0.25, 0.3) is 0 Å². The van der Waals surface area contributed by atoms with Crippen molar-refractivity contribution >= 4 is 34.4 Å². The number of hydrogen-bond donors (Lipinski definition) is 0. The van der Waals surface area contributed by atoms with Crippen molar-refractivity contribution in [3.05, 3.63) is 17.2 Å². The highest BCUT2D eigenvalue weighted by molar-refractivity contribution is 7.16. The van der Waals surface area contributed by atoms with Crippen LogP contribution in [0.1, 0.15) is 51.3 Å². The minimum atomic E-state index is -0.349. The summed E-state index contributed by atoms with van der Waals surface area (Å²) in [4.78, 5) is 29.9. The first kappa shape index (κ1) is 18.4. The van der Waals surface area contributed by atoms with E-state index in [2.05, 4.69) is 11.9 Å². The van der Waals surface area contributed by atoms with Crippen molar-refractivity contribution in [3.63, 3.8) is 0 Å². The van der Waals surface area contributed by atoms with E-state index in [0.29, 0.717) is 18.3 Å². The molecule has 122 valence electrons. The second-order valence-electron chi connectivity index (χ2n) is 4.92. The molecule has 1 rings (SSSR count). The summed E-state index contributed by atoms with van der Waals surface area (Å²) >= 11 is 1.39. The molecule has 0 spiro atoms. The highest BCUT2D eigenvalue weighted by Gasteiger charge is 2.14. The average Bonchev–Trinajstić information content (AvgIpc) is 2.94. The third-order valence-electron chi connectivity index (χ3n) is 2.98. The molecule has 1 amide bonds. The molecule has 0 fully saturated rings. The second kappa shape index (κ2) is 10.1. The van der Waals surface area contributed by atoms with Gasteiger partial charge in [0.15, 0.2) is 5.13 Å². The first-order valence-electron chi connectivity index (χ1n) is 7.67. The summed E-state index contributed by atoms with van der Waals surface area (Å²) in [6.07, 6.45) is 8.56. The molecule has 5 nitrogen and oxygen atoms in total. The van der Waals surface area contributed by atoms with Crippen molar-refractivity contribution in [1.29, 1.82) is 0 Å². The van der Waals surface area contributed by atoms with Crippen molar-refractivity contribution in [1.82, 2.24) is 4.98 Å². The third kappa shape index (κ3) is 6.39. The molecule has 0 saturated heterocycles. The van der Waals surface area contributed by atoms with E-state index in [4.69, 9.17) is 4.74 Å². The molecule has 0 saturated carbocycles. The normalized spacial score (nSPS) is 10.9. The first-order chi connectivity index (χ1) is 10.6. The van der Waals surface area contributed by atoms with Gasteiger partial charge in [0.2, 0.25) is 5.91 Å². The number of unbranched alkanes of at least 4 members (excludes halogenated alkanes) is 2. The van der Waals surface area contributed by atoms with Crippen LogP contribution in [-0.2, 0) is 14.3 Å². The number of ether oxygens (including phenoxy) is 1. The summed E-state index contributed by atoms with van der Waals surface area (Å²) in [6, 6.07) is 0. The number of carbonyl (C=O) groups is 2. The Kier molecular flexibility index (Phi) is 8.43. The molecule has 1 aromatic rings. The van der Waals surface area contributed by atoms with Gasteiger partial charge in [-0.15, -0.1) is 0 Å². The van der Waals surface area contributed by atoms with Crippen LogP contribution in [-0.4, -0.2) is 30.0 Å². The van der Waals surface area contributed by atoms with Crippen LogP contribution in [0.25, 0.3) is 6.08 Å². The monoisotopic (exact) mass is 324 g/mol. The van der Waals surface area contributed by atoms with Gasteiger partial charge < -0.3 is 4.74 Å². The zero-order chi connectivity index (χ0) is 16.4. The van der Waals surface area contributed by atoms with Crippen molar-refractivity contribution in [3.8, 4) is 0 Å². The SMILES string of the molecule is CCCCOC(=O)/C=C/c1cnc(N(CCCC)C(C)=O)s1. The molecule has 22 heavy (non-hydrogen) atoms. The minimum Gasteiger partial charge on any atom is -0.463 e. The van der Waals surface area contributed by atoms with E-state index in [-0.39, 0.29) is 11.9 Å². The standard InChI is InChI=1S/C16H24N2O3S/c1-4-6-10-18(13(3)19)16-17-12-14(22-16)8-9-15(20)21-11-7-5-2/h8-9,12H,4-7,10-11H2,1-3H3/b9-8+. The van der Waals surface area contributed by atoms with E-state index in [1.54, 1.807) is 17.2 Å². The van der Waals surface area contributed by atoms with Crippen LogP contribution in [0.4, 0.5) is 5.13 Å².